The molecule has 0 spiro atoms. The first kappa shape index (κ1) is 16.8. The molecule has 2 aromatic rings. The Hall–Kier alpha value is -2.56. The van der Waals surface area contributed by atoms with Crippen LogP contribution in [0.3, 0.4) is 0 Å². The standard InChI is InChI=1S/C18H22N2O3/c1-6-23-18(22)16-12(4)15(13(5)19-16)17(21)20-14-9-7-8-10(2)11(14)3/h7-9,19H,6H2,1-5H3,(H,20,21). The first-order chi connectivity index (χ1) is 10.9. The lowest BCUT2D eigenvalue weighted by molar-refractivity contribution is 0.0519. The molecule has 0 saturated carbocycles. The lowest BCUT2D eigenvalue weighted by atomic mass is 10.1. The summed E-state index contributed by atoms with van der Waals surface area (Å²) in [4.78, 5) is 27.5. The van der Waals surface area contributed by atoms with Gasteiger partial charge in [-0.2, -0.15) is 0 Å². The minimum atomic E-state index is -0.445. The van der Waals surface area contributed by atoms with Gasteiger partial charge < -0.3 is 15.0 Å². The fourth-order valence-electron chi connectivity index (χ4n) is 2.57. The molecular formula is C18H22N2O3. The molecule has 2 N–H and O–H groups in total. The maximum atomic E-state index is 12.6. The number of H-pyrrole nitrogens is 1. The minimum Gasteiger partial charge on any atom is -0.461 e. The van der Waals surface area contributed by atoms with Crippen molar-refractivity contribution in [2.45, 2.75) is 34.6 Å². The van der Waals surface area contributed by atoms with Crippen molar-refractivity contribution < 1.29 is 14.3 Å². The Labute approximate surface area is 136 Å². The number of ether oxygens (including phenoxy) is 1. The van der Waals surface area contributed by atoms with E-state index in [1.54, 1.807) is 20.8 Å². The number of hydrogen-bond donors (Lipinski definition) is 2. The van der Waals surface area contributed by atoms with Crippen molar-refractivity contribution in [3.05, 3.63) is 51.8 Å². The van der Waals surface area contributed by atoms with Gasteiger partial charge in [-0.15, -0.1) is 0 Å². The van der Waals surface area contributed by atoms with Crippen molar-refractivity contribution in [1.29, 1.82) is 0 Å². The second-order valence-electron chi connectivity index (χ2n) is 5.55. The number of aromatic amines is 1. The number of anilines is 1. The topological polar surface area (TPSA) is 71.2 Å². The number of aryl methyl sites for hydroxylation is 2. The van der Waals surface area contributed by atoms with Crippen molar-refractivity contribution in [2.24, 2.45) is 0 Å². The van der Waals surface area contributed by atoms with E-state index < -0.39 is 5.97 Å². The van der Waals surface area contributed by atoms with Gasteiger partial charge in [0.05, 0.1) is 12.2 Å². The molecule has 0 aliphatic carbocycles. The van der Waals surface area contributed by atoms with E-state index in [1.165, 1.54) is 0 Å². The Morgan fingerprint density at radius 1 is 1.13 bits per heavy atom. The molecule has 1 aromatic heterocycles. The van der Waals surface area contributed by atoms with Crippen LogP contribution in [0.1, 0.15) is 50.2 Å². The van der Waals surface area contributed by atoms with Crippen LogP contribution >= 0.6 is 0 Å². The Bertz CT molecular complexity index is 760. The number of aromatic nitrogens is 1. The first-order valence-electron chi connectivity index (χ1n) is 7.60. The zero-order chi connectivity index (χ0) is 17.1. The molecule has 23 heavy (non-hydrogen) atoms. The van der Waals surface area contributed by atoms with E-state index >= 15 is 0 Å². The Balaban J connectivity index is 2.33. The van der Waals surface area contributed by atoms with Crippen LogP contribution in [-0.2, 0) is 4.74 Å². The number of carbonyl (C=O) groups excluding carboxylic acids is 2. The van der Waals surface area contributed by atoms with Gasteiger partial charge in [0.25, 0.3) is 5.91 Å². The van der Waals surface area contributed by atoms with Crippen LogP contribution in [0, 0.1) is 27.7 Å². The Kier molecular flexibility index (Phi) is 4.89. The number of hydrogen-bond acceptors (Lipinski definition) is 3. The molecule has 1 aromatic carbocycles. The summed E-state index contributed by atoms with van der Waals surface area (Å²) in [5.74, 6) is -0.681. The zero-order valence-electron chi connectivity index (χ0n) is 14.2. The molecule has 5 heteroatoms. The van der Waals surface area contributed by atoms with Crippen LogP contribution in [0.2, 0.25) is 0 Å². The molecule has 2 rings (SSSR count). The maximum Gasteiger partial charge on any atom is 0.355 e. The third-order valence-corrected chi connectivity index (χ3v) is 4.00. The predicted molar refractivity (Wildman–Crippen MR) is 90.1 cm³/mol. The number of nitrogens with one attached hydrogen (secondary N) is 2. The van der Waals surface area contributed by atoms with Crippen LogP contribution in [0.25, 0.3) is 0 Å². The third-order valence-electron chi connectivity index (χ3n) is 4.00. The van der Waals surface area contributed by atoms with Gasteiger partial charge in [-0.3, -0.25) is 4.79 Å². The van der Waals surface area contributed by atoms with Crippen LogP contribution in [-0.4, -0.2) is 23.5 Å². The summed E-state index contributed by atoms with van der Waals surface area (Å²) >= 11 is 0. The maximum absolute atomic E-state index is 12.6. The summed E-state index contributed by atoms with van der Waals surface area (Å²) in [5, 5.41) is 2.92. The van der Waals surface area contributed by atoms with E-state index in [2.05, 4.69) is 10.3 Å². The summed E-state index contributed by atoms with van der Waals surface area (Å²) < 4.78 is 5.01. The molecule has 0 fully saturated rings. The number of rotatable bonds is 4. The molecule has 5 nitrogen and oxygen atoms in total. The second-order valence-corrected chi connectivity index (χ2v) is 5.55. The number of amides is 1. The smallest absolute Gasteiger partial charge is 0.355 e. The molecule has 0 unspecified atom stereocenters. The summed E-state index contributed by atoms with van der Waals surface area (Å²) in [6.07, 6.45) is 0. The number of carbonyl (C=O) groups is 2. The first-order valence-corrected chi connectivity index (χ1v) is 7.60. The van der Waals surface area contributed by atoms with E-state index in [4.69, 9.17) is 4.74 Å². The highest BCUT2D eigenvalue weighted by Gasteiger charge is 2.23. The summed E-state index contributed by atoms with van der Waals surface area (Å²) in [6, 6.07) is 5.76. The molecule has 0 saturated heterocycles. The van der Waals surface area contributed by atoms with Crippen LogP contribution in [0.4, 0.5) is 5.69 Å². The van der Waals surface area contributed by atoms with Gasteiger partial charge in [-0.1, -0.05) is 12.1 Å². The summed E-state index contributed by atoms with van der Waals surface area (Å²) in [5.41, 5.74) is 4.96. The fraction of sp³-hybridized carbons (Fsp3) is 0.333. The highest BCUT2D eigenvalue weighted by molar-refractivity contribution is 6.08. The van der Waals surface area contributed by atoms with Crippen LogP contribution in [0.15, 0.2) is 18.2 Å². The van der Waals surface area contributed by atoms with Crippen LogP contribution in [0.5, 0.6) is 0 Å². The molecule has 1 heterocycles. The van der Waals surface area contributed by atoms with Gasteiger partial charge in [0.15, 0.2) is 0 Å². The third kappa shape index (κ3) is 3.28. The summed E-state index contributed by atoms with van der Waals surface area (Å²) in [7, 11) is 0. The molecule has 0 aliphatic heterocycles. The molecule has 0 aliphatic rings. The van der Waals surface area contributed by atoms with Gasteiger partial charge in [0, 0.05) is 11.4 Å². The van der Waals surface area contributed by atoms with Gasteiger partial charge in [0.2, 0.25) is 0 Å². The molecule has 1 amide bonds. The zero-order valence-corrected chi connectivity index (χ0v) is 14.2. The molecule has 0 radical (unpaired) electrons. The second kappa shape index (κ2) is 6.69. The highest BCUT2D eigenvalue weighted by Crippen LogP contribution is 2.23. The SMILES string of the molecule is CCOC(=O)c1[nH]c(C)c(C(=O)Nc2cccc(C)c2C)c1C. The lowest BCUT2D eigenvalue weighted by Gasteiger charge is -2.11. The van der Waals surface area contributed by atoms with Gasteiger partial charge in [-0.25, -0.2) is 4.79 Å². The predicted octanol–water partition coefficient (Wildman–Crippen LogP) is 3.68. The Morgan fingerprint density at radius 2 is 1.83 bits per heavy atom. The van der Waals surface area contributed by atoms with Crippen molar-refractivity contribution in [3.63, 3.8) is 0 Å². The van der Waals surface area contributed by atoms with E-state index in [1.807, 2.05) is 32.0 Å². The highest BCUT2D eigenvalue weighted by atomic mass is 16.5. The molecular weight excluding hydrogens is 292 g/mol. The Morgan fingerprint density at radius 3 is 2.48 bits per heavy atom. The lowest BCUT2D eigenvalue weighted by Crippen LogP contribution is -2.15. The van der Waals surface area contributed by atoms with E-state index in [0.717, 1.165) is 16.8 Å². The van der Waals surface area contributed by atoms with E-state index in [0.29, 0.717) is 29.1 Å². The van der Waals surface area contributed by atoms with Crippen molar-refractivity contribution in [1.82, 2.24) is 4.98 Å². The average Bonchev–Trinajstić information content (AvgIpc) is 2.79. The van der Waals surface area contributed by atoms with Gasteiger partial charge >= 0.3 is 5.97 Å². The number of benzene rings is 1. The van der Waals surface area contributed by atoms with Gasteiger partial charge in [0.1, 0.15) is 5.69 Å². The minimum absolute atomic E-state index is 0.236. The summed E-state index contributed by atoms with van der Waals surface area (Å²) in [6.45, 7) is 9.52. The van der Waals surface area contributed by atoms with E-state index in [-0.39, 0.29) is 5.91 Å². The van der Waals surface area contributed by atoms with E-state index in [9.17, 15) is 9.59 Å². The van der Waals surface area contributed by atoms with Gasteiger partial charge in [-0.05, 0) is 57.4 Å². The van der Waals surface area contributed by atoms with Crippen molar-refractivity contribution >= 4 is 17.6 Å². The molecule has 0 bridgehead atoms. The monoisotopic (exact) mass is 314 g/mol. The average molecular weight is 314 g/mol. The largest absolute Gasteiger partial charge is 0.461 e. The number of esters is 1. The molecule has 0 atom stereocenters. The molecule has 122 valence electrons. The normalized spacial score (nSPS) is 10.5. The van der Waals surface area contributed by atoms with Crippen molar-refractivity contribution in [3.8, 4) is 0 Å². The van der Waals surface area contributed by atoms with Crippen molar-refractivity contribution in [2.75, 3.05) is 11.9 Å². The van der Waals surface area contributed by atoms with Crippen LogP contribution < -0.4 is 5.32 Å². The fourth-order valence-corrected chi connectivity index (χ4v) is 2.57. The quantitative estimate of drug-likeness (QED) is 0.846.